The van der Waals surface area contributed by atoms with E-state index < -0.39 is 0 Å². The molecule has 17 heavy (non-hydrogen) atoms. The summed E-state index contributed by atoms with van der Waals surface area (Å²) in [6, 6.07) is 0.254. The van der Waals surface area contributed by atoms with Gasteiger partial charge in [0.1, 0.15) is 15.6 Å². The molecule has 0 spiro atoms. The fourth-order valence-corrected chi connectivity index (χ4v) is 2.61. The Morgan fingerprint density at radius 3 is 2.47 bits per heavy atom. The Balaban J connectivity index is 3.17. The monoisotopic (exact) mass is 257 g/mol. The lowest BCUT2D eigenvalue weighted by molar-refractivity contribution is 0.0833. The predicted octanol–water partition coefficient (Wildman–Crippen LogP) is 1.86. The van der Waals surface area contributed by atoms with E-state index in [4.69, 9.17) is 10.5 Å². The molecule has 6 heteroatoms. The lowest BCUT2D eigenvalue weighted by atomic mass is 10.3. The van der Waals surface area contributed by atoms with Crippen LogP contribution in [0.2, 0.25) is 0 Å². The zero-order valence-electron chi connectivity index (χ0n) is 10.8. The van der Waals surface area contributed by atoms with Gasteiger partial charge in [0.05, 0.1) is 7.11 Å². The van der Waals surface area contributed by atoms with Crippen molar-refractivity contribution in [1.29, 1.82) is 0 Å². The van der Waals surface area contributed by atoms with Gasteiger partial charge >= 0.3 is 0 Å². The first-order chi connectivity index (χ1) is 7.88. The molecule has 0 aliphatic carbocycles. The van der Waals surface area contributed by atoms with Crippen LogP contribution in [0.5, 0.6) is 5.75 Å². The van der Waals surface area contributed by atoms with E-state index in [0.29, 0.717) is 16.3 Å². The summed E-state index contributed by atoms with van der Waals surface area (Å²) in [7, 11) is 4.95. The molecule has 5 nitrogen and oxygen atoms in total. The summed E-state index contributed by atoms with van der Waals surface area (Å²) < 4.78 is 5.24. The van der Waals surface area contributed by atoms with Crippen LogP contribution >= 0.6 is 11.3 Å². The first-order valence-electron chi connectivity index (χ1n) is 5.32. The molecule has 1 heterocycles. The minimum atomic E-state index is -0.109. The highest BCUT2D eigenvalue weighted by Crippen LogP contribution is 2.43. The molecule has 1 amide bonds. The van der Waals surface area contributed by atoms with Gasteiger partial charge in [0.25, 0.3) is 5.91 Å². The highest BCUT2D eigenvalue weighted by atomic mass is 32.1. The number of ether oxygens (including phenoxy) is 1. The van der Waals surface area contributed by atoms with E-state index in [0.717, 1.165) is 5.00 Å². The molecular weight excluding hydrogens is 238 g/mol. The summed E-state index contributed by atoms with van der Waals surface area (Å²) in [5, 5.41) is 4.02. The van der Waals surface area contributed by atoms with Gasteiger partial charge < -0.3 is 20.7 Å². The zero-order chi connectivity index (χ0) is 13.2. The van der Waals surface area contributed by atoms with Crippen LogP contribution in [0, 0.1) is 0 Å². The maximum absolute atomic E-state index is 11.9. The number of carbonyl (C=O) groups excluding carboxylic acids is 1. The van der Waals surface area contributed by atoms with E-state index >= 15 is 0 Å². The average Bonchev–Trinajstić information content (AvgIpc) is 2.52. The van der Waals surface area contributed by atoms with Crippen LogP contribution in [0.1, 0.15) is 23.5 Å². The van der Waals surface area contributed by atoms with Gasteiger partial charge in [0.15, 0.2) is 5.75 Å². The number of amides is 1. The SMILES string of the molecule is COc1c(NC(C)C)sc(C(=O)N(C)C)c1N. The van der Waals surface area contributed by atoms with Crippen LogP contribution in [-0.2, 0) is 0 Å². The first-order valence-corrected chi connectivity index (χ1v) is 6.14. The lowest BCUT2D eigenvalue weighted by Gasteiger charge is -2.09. The minimum Gasteiger partial charge on any atom is -0.492 e. The zero-order valence-corrected chi connectivity index (χ0v) is 11.6. The Bertz CT molecular complexity index is 413. The summed E-state index contributed by atoms with van der Waals surface area (Å²) >= 11 is 1.32. The number of nitrogens with zero attached hydrogens (tertiary/aromatic N) is 1. The second-order valence-electron chi connectivity index (χ2n) is 4.21. The molecule has 0 aromatic carbocycles. The van der Waals surface area contributed by atoms with Crippen LogP contribution in [0.15, 0.2) is 0 Å². The third kappa shape index (κ3) is 2.82. The smallest absolute Gasteiger partial charge is 0.265 e. The third-order valence-electron chi connectivity index (χ3n) is 2.12. The molecule has 3 N–H and O–H groups in total. The Morgan fingerprint density at radius 2 is 2.06 bits per heavy atom. The van der Waals surface area contributed by atoms with Crippen molar-refractivity contribution in [2.45, 2.75) is 19.9 Å². The van der Waals surface area contributed by atoms with Crippen molar-refractivity contribution in [2.24, 2.45) is 0 Å². The highest BCUT2D eigenvalue weighted by molar-refractivity contribution is 7.19. The van der Waals surface area contributed by atoms with Gasteiger partial charge in [-0.15, -0.1) is 11.3 Å². The Kier molecular flexibility index (Phi) is 4.22. The van der Waals surface area contributed by atoms with Crippen molar-refractivity contribution in [3.8, 4) is 5.75 Å². The van der Waals surface area contributed by atoms with Crippen molar-refractivity contribution >= 4 is 27.9 Å². The standard InChI is InChI=1S/C11H19N3O2S/c1-6(2)13-10-8(16-5)7(12)9(17-10)11(15)14(3)4/h6,13H,12H2,1-5H3. The largest absolute Gasteiger partial charge is 0.492 e. The second-order valence-corrected chi connectivity index (χ2v) is 5.23. The van der Waals surface area contributed by atoms with Crippen molar-refractivity contribution in [3.05, 3.63) is 4.88 Å². The van der Waals surface area contributed by atoms with E-state index in [1.165, 1.54) is 16.2 Å². The number of hydrogen-bond donors (Lipinski definition) is 2. The highest BCUT2D eigenvalue weighted by Gasteiger charge is 2.23. The molecule has 0 bridgehead atoms. The Morgan fingerprint density at radius 1 is 1.47 bits per heavy atom. The van der Waals surface area contributed by atoms with Crippen LogP contribution < -0.4 is 15.8 Å². The lowest BCUT2D eigenvalue weighted by Crippen LogP contribution is -2.21. The van der Waals surface area contributed by atoms with Gasteiger partial charge in [-0.25, -0.2) is 0 Å². The Hall–Kier alpha value is -1.43. The van der Waals surface area contributed by atoms with Crippen LogP contribution in [0.3, 0.4) is 0 Å². The van der Waals surface area contributed by atoms with Crippen molar-refractivity contribution in [1.82, 2.24) is 4.90 Å². The predicted molar refractivity (Wildman–Crippen MR) is 72.1 cm³/mol. The topological polar surface area (TPSA) is 67.6 Å². The molecule has 1 aromatic heterocycles. The number of rotatable bonds is 4. The number of nitrogens with two attached hydrogens (primary N) is 1. The fourth-order valence-electron chi connectivity index (χ4n) is 1.35. The van der Waals surface area contributed by atoms with E-state index in [9.17, 15) is 4.79 Å². The molecule has 0 fully saturated rings. The van der Waals surface area contributed by atoms with Crippen molar-refractivity contribution in [2.75, 3.05) is 32.3 Å². The number of anilines is 2. The fraction of sp³-hybridized carbons (Fsp3) is 0.545. The molecule has 1 aromatic rings. The van der Waals surface area contributed by atoms with Gasteiger partial charge in [0, 0.05) is 20.1 Å². The number of thiophene rings is 1. The second kappa shape index (κ2) is 5.27. The van der Waals surface area contributed by atoms with Crippen LogP contribution in [-0.4, -0.2) is 38.1 Å². The molecule has 0 atom stereocenters. The molecule has 96 valence electrons. The summed E-state index contributed by atoms with van der Waals surface area (Å²) in [6.45, 7) is 4.03. The van der Waals surface area contributed by atoms with E-state index in [1.54, 1.807) is 21.2 Å². The number of hydrogen-bond acceptors (Lipinski definition) is 5. The molecule has 0 unspecified atom stereocenters. The average molecular weight is 257 g/mol. The van der Waals surface area contributed by atoms with E-state index in [2.05, 4.69) is 5.32 Å². The van der Waals surface area contributed by atoms with Gasteiger partial charge in [-0.3, -0.25) is 4.79 Å². The molecular formula is C11H19N3O2S. The van der Waals surface area contributed by atoms with Crippen molar-refractivity contribution < 1.29 is 9.53 Å². The molecule has 0 aliphatic heterocycles. The number of nitrogen functional groups attached to an aromatic ring is 1. The maximum atomic E-state index is 11.9. The third-order valence-corrected chi connectivity index (χ3v) is 3.23. The van der Waals surface area contributed by atoms with E-state index in [-0.39, 0.29) is 11.9 Å². The summed E-state index contributed by atoms with van der Waals surface area (Å²) in [5.74, 6) is 0.441. The summed E-state index contributed by atoms with van der Waals surface area (Å²) in [6.07, 6.45) is 0. The quantitative estimate of drug-likeness (QED) is 0.864. The minimum absolute atomic E-state index is 0.109. The maximum Gasteiger partial charge on any atom is 0.265 e. The van der Waals surface area contributed by atoms with Crippen LogP contribution in [0.4, 0.5) is 10.7 Å². The molecule has 0 aliphatic rings. The van der Waals surface area contributed by atoms with Gasteiger partial charge in [-0.2, -0.15) is 0 Å². The number of methoxy groups -OCH3 is 1. The summed E-state index contributed by atoms with van der Waals surface area (Å²) in [5.41, 5.74) is 6.33. The Labute approximate surface area is 106 Å². The van der Waals surface area contributed by atoms with Gasteiger partial charge in [-0.05, 0) is 13.8 Å². The molecule has 0 saturated heterocycles. The van der Waals surface area contributed by atoms with Gasteiger partial charge in [0.2, 0.25) is 0 Å². The normalized spacial score (nSPS) is 10.5. The molecule has 0 saturated carbocycles. The van der Waals surface area contributed by atoms with Crippen molar-refractivity contribution in [3.63, 3.8) is 0 Å². The number of carbonyl (C=O) groups is 1. The number of nitrogens with one attached hydrogen (secondary N) is 1. The van der Waals surface area contributed by atoms with Gasteiger partial charge in [-0.1, -0.05) is 0 Å². The molecule has 0 radical (unpaired) electrons. The molecule has 1 rings (SSSR count). The van der Waals surface area contributed by atoms with Crippen LogP contribution in [0.25, 0.3) is 0 Å². The van der Waals surface area contributed by atoms with E-state index in [1.807, 2.05) is 13.8 Å². The first kappa shape index (κ1) is 13.6. The summed E-state index contributed by atoms with van der Waals surface area (Å²) in [4.78, 5) is 13.9.